The number of halogens is 2. The van der Waals surface area contributed by atoms with E-state index in [4.69, 9.17) is 0 Å². The van der Waals surface area contributed by atoms with Crippen molar-refractivity contribution in [2.24, 2.45) is 5.41 Å². The first-order valence-corrected chi connectivity index (χ1v) is 8.25. The molecule has 0 atom stereocenters. The summed E-state index contributed by atoms with van der Waals surface area (Å²) in [6.07, 6.45) is 6.75. The van der Waals surface area contributed by atoms with Gasteiger partial charge in [-0.2, -0.15) is 0 Å². The van der Waals surface area contributed by atoms with Gasteiger partial charge in [0.2, 0.25) is 0 Å². The Morgan fingerprint density at radius 3 is 2.37 bits per heavy atom. The summed E-state index contributed by atoms with van der Waals surface area (Å²) in [5.74, 6) is -0.157. The zero-order valence-electron chi connectivity index (χ0n) is 11.7. The van der Waals surface area contributed by atoms with Gasteiger partial charge in [-0.1, -0.05) is 47.3 Å². The fourth-order valence-corrected chi connectivity index (χ4v) is 3.90. The lowest BCUT2D eigenvalue weighted by Gasteiger charge is -2.39. The second kappa shape index (κ2) is 6.85. The number of benzene rings is 1. The highest BCUT2D eigenvalue weighted by Gasteiger charge is 2.31. The van der Waals surface area contributed by atoms with Crippen LogP contribution in [0.3, 0.4) is 0 Å². The summed E-state index contributed by atoms with van der Waals surface area (Å²) in [6, 6.07) is 6.86. The minimum atomic E-state index is -0.157. The van der Waals surface area contributed by atoms with Crippen LogP contribution in [0.15, 0.2) is 24.3 Å². The van der Waals surface area contributed by atoms with Crippen molar-refractivity contribution in [3.05, 3.63) is 35.6 Å². The summed E-state index contributed by atoms with van der Waals surface area (Å²) in [5.41, 5.74) is 1.62. The number of hydrogen-bond acceptors (Lipinski definition) is 1. The molecule has 0 amide bonds. The van der Waals surface area contributed by atoms with Crippen LogP contribution in [-0.2, 0) is 6.54 Å². The maximum atomic E-state index is 12.9. The summed E-state index contributed by atoms with van der Waals surface area (Å²) in [6.45, 7) is 2.02. The number of alkyl halides is 1. The normalized spacial score (nSPS) is 18.7. The Balaban J connectivity index is 1.92. The van der Waals surface area contributed by atoms with Crippen molar-refractivity contribution in [1.29, 1.82) is 0 Å². The Labute approximate surface area is 124 Å². The van der Waals surface area contributed by atoms with Gasteiger partial charge in [0.05, 0.1) is 0 Å². The highest BCUT2D eigenvalue weighted by Crippen LogP contribution is 2.38. The largest absolute Gasteiger partial charge is 0.302 e. The van der Waals surface area contributed by atoms with Crippen LogP contribution >= 0.6 is 15.9 Å². The van der Waals surface area contributed by atoms with E-state index in [9.17, 15) is 4.39 Å². The second-order valence-corrected chi connectivity index (χ2v) is 6.55. The van der Waals surface area contributed by atoms with E-state index in [1.807, 2.05) is 12.1 Å². The third-order valence-corrected chi connectivity index (χ3v) is 5.36. The molecule has 0 N–H and O–H groups in total. The predicted octanol–water partition coefficient (Wildman–Crippen LogP) is 4.60. The van der Waals surface area contributed by atoms with Gasteiger partial charge in [-0.25, -0.2) is 4.39 Å². The topological polar surface area (TPSA) is 3.24 Å². The molecule has 1 aliphatic rings. The predicted molar refractivity (Wildman–Crippen MR) is 82.0 cm³/mol. The Hall–Kier alpha value is -0.410. The maximum absolute atomic E-state index is 12.9. The van der Waals surface area contributed by atoms with Crippen molar-refractivity contribution in [1.82, 2.24) is 4.90 Å². The summed E-state index contributed by atoms with van der Waals surface area (Å²) in [5, 5.41) is 1.09. The third kappa shape index (κ3) is 4.28. The molecule has 0 bridgehead atoms. The first kappa shape index (κ1) is 15.0. The zero-order chi connectivity index (χ0) is 13.7. The molecule has 1 saturated carbocycles. The number of rotatable bonds is 5. The highest BCUT2D eigenvalue weighted by molar-refractivity contribution is 9.09. The van der Waals surface area contributed by atoms with E-state index in [2.05, 4.69) is 27.9 Å². The van der Waals surface area contributed by atoms with Crippen molar-refractivity contribution in [2.45, 2.75) is 38.6 Å². The van der Waals surface area contributed by atoms with Crippen LogP contribution in [-0.4, -0.2) is 23.8 Å². The molecule has 19 heavy (non-hydrogen) atoms. The minimum Gasteiger partial charge on any atom is -0.302 e. The maximum Gasteiger partial charge on any atom is 0.123 e. The van der Waals surface area contributed by atoms with Gasteiger partial charge in [-0.15, -0.1) is 0 Å². The van der Waals surface area contributed by atoms with Gasteiger partial charge in [0.1, 0.15) is 5.82 Å². The Bertz CT molecular complexity index is 384. The van der Waals surface area contributed by atoms with Gasteiger partial charge in [0, 0.05) is 18.4 Å². The average molecular weight is 328 g/mol. The second-order valence-electron chi connectivity index (χ2n) is 5.99. The Morgan fingerprint density at radius 2 is 1.79 bits per heavy atom. The number of nitrogens with zero attached hydrogens (tertiary/aromatic N) is 1. The van der Waals surface area contributed by atoms with Crippen LogP contribution in [0.5, 0.6) is 0 Å². The quantitative estimate of drug-likeness (QED) is 0.714. The molecule has 1 fully saturated rings. The van der Waals surface area contributed by atoms with Gasteiger partial charge >= 0.3 is 0 Å². The van der Waals surface area contributed by atoms with Crippen LogP contribution in [0.2, 0.25) is 0 Å². The lowest BCUT2D eigenvalue weighted by molar-refractivity contribution is 0.141. The summed E-state index contributed by atoms with van der Waals surface area (Å²) < 4.78 is 12.9. The molecular weight excluding hydrogens is 305 g/mol. The van der Waals surface area contributed by atoms with Crippen molar-refractivity contribution < 1.29 is 4.39 Å². The van der Waals surface area contributed by atoms with E-state index < -0.39 is 0 Å². The first-order chi connectivity index (χ1) is 9.13. The standard InChI is InChI=1S/C16H23BrFN/c1-19(11-14-5-7-15(18)8-6-14)13-16(12-17)9-3-2-4-10-16/h5-8H,2-4,9-13H2,1H3. The molecule has 0 spiro atoms. The van der Waals surface area contributed by atoms with E-state index in [1.54, 1.807) is 12.1 Å². The van der Waals surface area contributed by atoms with Crippen LogP contribution in [0.4, 0.5) is 4.39 Å². The van der Waals surface area contributed by atoms with Crippen LogP contribution in [0.25, 0.3) is 0 Å². The molecule has 1 aromatic rings. The average Bonchev–Trinajstić information content (AvgIpc) is 2.42. The van der Waals surface area contributed by atoms with E-state index in [1.165, 1.54) is 37.7 Å². The zero-order valence-corrected chi connectivity index (χ0v) is 13.3. The Morgan fingerprint density at radius 1 is 1.16 bits per heavy atom. The molecule has 2 rings (SSSR count). The molecule has 1 aromatic carbocycles. The number of hydrogen-bond donors (Lipinski definition) is 0. The van der Waals surface area contributed by atoms with Gasteiger partial charge in [-0.3, -0.25) is 0 Å². The van der Waals surface area contributed by atoms with E-state index in [0.717, 1.165) is 18.4 Å². The summed E-state index contributed by atoms with van der Waals surface area (Å²) in [7, 11) is 2.17. The lowest BCUT2D eigenvalue weighted by atomic mass is 9.75. The smallest absolute Gasteiger partial charge is 0.123 e. The van der Waals surface area contributed by atoms with Crippen molar-refractivity contribution in [3.63, 3.8) is 0 Å². The lowest BCUT2D eigenvalue weighted by Crippen LogP contribution is -2.38. The summed E-state index contributed by atoms with van der Waals surface area (Å²) in [4.78, 5) is 2.37. The monoisotopic (exact) mass is 327 g/mol. The van der Waals surface area contributed by atoms with E-state index in [0.29, 0.717) is 5.41 Å². The molecule has 0 unspecified atom stereocenters. The molecule has 0 aliphatic heterocycles. The van der Waals surface area contributed by atoms with Gasteiger partial charge in [-0.05, 0) is 43.0 Å². The summed E-state index contributed by atoms with van der Waals surface area (Å²) >= 11 is 3.72. The minimum absolute atomic E-state index is 0.157. The van der Waals surface area contributed by atoms with Crippen molar-refractivity contribution >= 4 is 15.9 Å². The highest BCUT2D eigenvalue weighted by atomic mass is 79.9. The van der Waals surface area contributed by atoms with Crippen LogP contribution < -0.4 is 0 Å². The first-order valence-electron chi connectivity index (χ1n) is 7.13. The Kier molecular flexibility index (Phi) is 5.40. The van der Waals surface area contributed by atoms with Gasteiger partial charge in [0.25, 0.3) is 0 Å². The molecule has 1 nitrogen and oxygen atoms in total. The fourth-order valence-electron chi connectivity index (χ4n) is 3.17. The van der Waals surface area contributed by atoms with Crippen LogP contribution in [0, 0.1) is 11.2 Å². The van der Waals surface area contributed by atoms with Crippen LogP contribution in [0.1, 0.15) is 37.7 Å². The van der Waals surface area contributed by atoms with E-state index >= 15 is 0 Å². The molecule has 0 heterocycles. The van der Waals surface area contributed by atoms with Gasteiger partial charge in [0.15, 0.2) is 0 Å². The molecule has 106 valence electrons. The molecule has 1 aliphatic carbocycles. The van der Waals surface area contributed by atoms with Crippen molar-refractivity contribution in [3.8, 4) is 0 Å². The third-order valence-electron chi connectivity index (χ3n) is 4.17. The molecule has 3 heteroatoms. The SMILES string of the molecule is CN(Cc1ccc(F)cc1)CC1(CBr)CCCCC1. The molecule has 0 saturated heterocycles. The van der Waals surface area contributed by atoms with E-state index in [-0.39, 0.29) is 5.82 Å². The van der Waals surface area contributed by atoms with Gasteiger partial charge < -0.3 is 4.90 Å². The molecule has 0 aromatic heterocycles. The molecule has 0 radical (unpaired) electrons. The molecular formula is C16H23BrFN. The van der Waals surface area contributed by atoms with Crippen molar-refractivity contribution in [2.75, 3.05) is 18.9 Å². The fraction of sp³-hybridized carbons (Fsp3) is 0.625.